The maximum atomic E-state index is 10.8. The maximum Gasteiger partial charge on any atom is 0.219 e. The third kappa shape index (κ3) is 4.79. The van der Waals surface area contributed by atoms with Gasteiger partial charge in [-0.05, 0) is 20.1 Å². The molecule has 1 atom stereocenters. The largest absolute Gasteiger partial charge is 0.370 e. The van der Waals surface area contributed by atoms with Crippen molar-refractivity contribution in [2.75, 3.05) is 23.4 Å². The Hall–Kier alpha value is -1.50. The Morgan fingerprint density at radius 1 is 1.50 bits per heavy atom. The number of thioether (sulfide) groups is 1. The number of amides is 1. The van der Waals surface area contributed by atoms with Gasteiger partial charge < -0.3 is 16.4 Å². The van der Waals surface area contributed by atoms with Gasteiger partial charge in [-0.2, -0.15) is 0 Å². The minimum atomic E-state index is -0.332. The monoisotopic (exact) mass is 269 g/mol. The number of nitrogens with zero attached hydrogens (tertiary/aromatic N) is 2. The summed E-state index contributed by atoms with van der Waals surface area (Å²) in [5.74, 6) is 1.13. The fraction of sp³-hybridized carbons (Fsp3) is 0.545. The van der Waals surface area contributed by atoms with Crippen LogP contribution in [-0.4, -0.2) is 34.7 Å². The molecule has 0 radical (unpaired) electrons. The summed E-state index contributed by atoms with van der Waals surface area (Å²) < 4.78 is 0. The topological polar surface area (TPSA) is 92.9 Å². The van der Waals surface area contributed by atoms with Crippen LogP contribution in [0.5, 0.6) is 0 Å². The lowest BCUT2D eigenvalue weighted by atomic mass is 10.2. The van der Waals surface area contributed by atoms with Crippen LogP contribution in [-0.2, 0) is 4.79 Å². The Morgan fingerprint density at radius 3 is 2.72 bits per heavy atom. The van der Waals surface area contributed by atoms with E-state index >= 15 is 0 Å². The molecule has 0 bridgehead atoms. The molecule has 1 unspecified atom stereocenters. The Balaban J connectivity index is 2.80. The van der Waals surface area contributed by atoms with Crippen LogP contribution in [0, 0.1) is 0 Å². The molecule has 0 aliphatic rings. The Kier molecular flexibility index (Phi) is 5.70. The maximum absolute atomic E-state index is 10.8. The van der Waals surface area contributed by atoms with E-state index in [0.717, 1.165) is 12.4 Å². The molecular formula is C11H19N5OS. The molecule has 1 rings (SSSR count). The molecule has 0 saturated carbocycles. The van der Waals surface area contributed by atoms with Gasteiger partial charge in [0, 0.05) is 25.1 Å². The van der Waals surface area contributed by atoms with Crippen molar-refractivity contribution in [3.63, 3.8) is 0 Å². The molecule has 100 valence electrons. The molecule has 0 fully saturated rings. The zero-order chi connectivity index (χ0) is 13.5. The number of carbonyl (C=O) groups excluding carboxylic acids is 1. The van der Waals surface area contributed by atoms with Crippen LogP contribution in [0.15, 0.2) is 11.2 Å². The first-order chi connectivity index (χ1) is 8.55. The molecule has 0 aliphatic carbocycles. The van der Waals surface area contributed by atoms with Crippen molar-refractivity contribution in [1.29, 1.82) is 0 Å². The summed E-state index contributed by atoms with van der Waals surface area (Å²) in [6.45, 7) is 4.68. The van der Waals surface area contributed by atoms with Crippen molar-refractivity contribution in [2.45, 2.75) is 31.5 Å². The van der Waals surface area contributed by atoms with Crippen LogP contribution in [0.3, 0.4) is 0 Å². The van der Waals surface area contributed by atoms with Gasteiger partial charge >= 0.3 is 0 Å². The number of carbonyl (C=O) groups is 1. The lowest BCUT2D eigenvalue weighted by Crippen LogP contribution is -2.24. The van der Waals surface area contributed by atoms with Crippen LogP contribution in [0.1, 0.15) is 20.3 Å². The number of aromatic nitrogens is 2. The van der Waals surface area contributed by atoms with Crippen LogP contribution in [0.2, 0.25) is 0 Å². The second-order valence-corrected chi connectivity index (χ2v) is 4.64. The SMILES string of the molecule is CCNc1cc(NC(C)CC(N)=O)nc(SC)n1. The van der Waals surface area contributed by atoms with Gasteiger partial charge in [0.15, 0.2) is 5.16 Å². The second kappa shape index (κ2) is 7.05. The molecule has 0 spiro atoms. The van der Waals surface area contributed by atoms with Crippen molar-refractivity contribution in [3.05, 3.63) is 6.07 Å². The van der Waals surface area contributed by atoms with Gasteiger partial charge in [-0.1, -0.05) is 11.8 Å². The molecule has 1 aromatic heterocycles. The normalized spacial score (nSPS) is 11.9. The molecule has 1 heterocycles. The predicted molar refractivity (Wildman–Crippen MR) is 74.9 cm³/mol. The number of primary amides is 1. The Labute approximate surface area is 111 Å². The number of hydrogen-bond donors (Lipinski definition) is 3. The molecule has 18 heavy (non-hydrogen) atoms. The fourth-order valence-corrected chi connectivity index (χ4v) is 1.85. The summed E-state index contributed by atoms with van der Waals surface area (Å²) in [5, 5.41) is 6.96. The first kappa shape index (κ1) is 14.6. The average Bonchev–Trinajstić information content (AvgIpc) is 2.27. The lowest BCUT2D eigenvalue weighted by Gasteiger charge is -2.14. The van der Waals surface area contributed by atoms with Crippen molar-refractivity contribution in [3.8, 4) is 0 Å². The quantitative estimate of drug-likeness (QED) is 0.510. The van der Waals surface area contributed by atoms with E-state index in [4.69, 9.17) is 5.73 Å². The minimum Gasteiger partial charge on any atom is -0.370 e. The third-order valence-electron chi connectivity index (χ3n) is 2.15. The first-order valence-electron chi connectivity index (χ1n) is 5.77. The van der Waals surface area contributed by atoms with Crippen LogP contribution >= 0.6 is 11.8 Å². The third-order valence-corrected chi connectivity index (χ3v) is 2.70. The standard InChI is InChI=1S/C11H19N5OS/c1-4-13-9-6-10(16-11(15-9)18-3)14-7(2)5-8(12)17/h6-7H,4-5H2,1-3H3,(H2,12,17)(H2,13,14,15,16). The second-order valence-electron chi connectivity index (χ2n) is 3.87. The van der Waals surface area contributed by atoms with Crippen molar-refractivity contribution in [1.82, 2.24) is 9.97 Å². The molecule has 1 aromatic rings. The summed E-state index contributed by atoms with van der Waals surface area (Å²) in [6, 6.07) is 1.77. The van der Waals surface area contributed by atoms with E-state index in [9.17, 15) is 4.79 Å². The average molecular weight is 269 g/mol. The van der Waals surface area contributed by atoms with E-state index < -0.39 is 0 Å². The summed E-state index contributed by atoms with van der Waals surface area (Å²) in [4.78, 5) is 19.5. The lowest BCUT2D eigenvalue weighted by molar-refractivity contribution is -0.118. The van der Waals surface area contributed by atoms with E-state index in [2.05, 4.69) is 20.6 Å². The Morgan fingerprint density at radius 2 is 2.17 bits per heavy atom. The molecule has 4 N–H and O–H groups in total. The minimum absolute atomic E-state index is 0.0541. The molecule has 6 nitrogen and oxygen atoms in total. The molecule has 0 saturated heterocycles. The van der Waals surface area contributed by atoms with Crippen LogP contribution < -0.4 is 16.4 Å². The predicted octanol–water partition coefficient (Wildman–Crippen LogP) is 1.31. The highest BCUT2D eigenvalue weighted by molar-refractivity contribution is 7.98. The van der Waals surface area contributed by atoms with E-state index in [1.54, 1.807) is 0 Å². The van der Waals surface area contributed by atoms with Crippen molar-refractivity contribution >= 4 is 29.3 Å². The summed E-state index contributed by atoms with van der Waals surface area (Å²) in [5.41, 5.74) is 5.15. The van der Waals surface area contributed by atoms with Crippen molar-refractivity contribution < 1.29 is 4.79 Å². The first-order valence-corrected chi connectivity index (χ1v) is 6.99. The molecule has 0 aliphatic heterocycles. The summed E-state index contributed by atoms with van der Waals surface area (Å²) in [6.07, 6.45) is 2.19. The van der Waals surface area contributed by atoms with E-state index in [1.807, 2.05) is 26.2 Å². The summed E-state index contributed by atoms with van der Waals surface area (Å²) >= 11 is 1.47. The Bertz CT molecular complexity index is 412. The number of hydrogen-bond acceptors (Lipinski definition) is 6. The molecule has 0 aromatic carbocycles. The molecular weight excluding hydrogens is 250 g/mol. The van der Waals surface area contributed by atoms with Gasteiger partial charge in [0.2, 0.25) is 5.91 Å². The van der Waals surface area contributed by atoms with Gasteiger partial charge in [0.25, 0.3) is 0 Å². The fourth-order valence-electron chi connectivity index (χ4n) is 1.47. The molecule has 1 amide bonds. The van der Waals surface area contributed by atoms with Crippen LogP contribution in [0.25, 0.3) is 0 Å². The highest BCUT2D eigenvalue weighted by Gasteiger charge is 2.09. The van der Waals surface area contributed by atoms with Crippen molar-refractivity contribution in [2.24, 2.45) is 5.73 Å². The van der Waals surface area contributed by atoms with Gasteiger partial charge in [-0.15, -0.1) is 0 Å². The van der Waals surface area contributed by atoms with Gasteiger partial charge in [0.05, 0.1) is 0 Å². The number of anilines is 2. The van der Waals surface area contributed by atoms with E-state index in [-0.39, 0.29) is 18.4 Å². The van der Waals surface area contributed by atoms with E-state index in [1.165, 1.54) is 11.8 Å². The number of rotatable bonds is 7. The number of nitrogens with two attached hydrogens (primary N) is 1. The summed E-state index contributed by atoms with van der Waals surface area (Å²) in [7, 11) is 0. The zero-order valence-corrected chi connectivity index (χ0v) is 11.7. The molecule has 7 heteroatoms. The smallest absolute Gasteiger partial charge is 0.219 e. The van der Waals surface area contributed by atoms with Gasteiger partial charge in [-0.25, -0.2) is 9.97 Å². The van der Waals surface area contributed by atoms with E-state index in [0.29, 0.717) is 11.0 Å². The zero-order valence-electron chi connectivity index (χ0n) is 10.9. The van der Waals surface area contributed by atoms with Gasteiger partial charge in [0.1, 0.15) is 11.6 Å². The highest BCUT2D eigenvalue weighted by Crippen LogP contribution is 2.18. The van der Waals surface area contributed by atoms with Gasteiger partial charge in [-0.3, -0.25) is 4.79 Å². The number of nitrogens with one attached hydrogen (secondary N) is 2. The highest BCUT2D eigenvalue weighted by atomic mass is 32.2. The van der Waals surface area contributed by atoms with Crippen LogP contribution in [0.4, 0.5) is 11.6 Å².